The van der Waals surface area contributed by atoms with Crippen LogP contribution in [-0.2, 0) is 0 Å². The Morgan fingerprint density at radius 2 is 0.603 bits per heavy atom. The number of fused-ring (bicyclic) bond motifs is 20. The molecule has 0 fully saturated rings. The van der Waals surface area contributed by atoms with E-state index in [2.05, 4.69) is 407 Å². The van der Waals surface area contributed by atoms with E-state index in [9.17, 15) is 0 Å². The first-order valence-electron chi connectivity index (χ1n) is 40.0. The molecule has 0 bridgehead atoms. The third-order valence-electron chi connectivity index (χ3n) is 25.4. The second-order valence-corrected chi connectivity index (χ2v) is 31.5. The van der Waals surface area contributed by atoms with Crippen LogP contribution in [0.25, 0.3) is 254 Å². The van der Waals surface area contributed by atoms with Crippen LogP contribution in [-0.4, -0.2) is 28.2 Å². The number of pyridine rings is 2. The Balaban J connectivity index is 0.515. The summed E-state index contributed by atoms with van der Waals surface area (Å²) in [5.74, 6) is 0. The van der Waals surface area contributed by atoms with Gasteiger partial charge in [0, 0.05) is 105 Å². The van der Waals surface area contributed by atoms with Gasteiger partial charge in [-0.1, -0.05) is 231 Å². The number of hydrogen-bond donors (Lipinski definition) is 0. The van der Waals surface area contributed by atoms with Crippen molar-refractivity contribution in [2.24, 2.45) is 0 Å². The van der Waals surface area contributed by atoms with Gasteiger partial charge in [-0.05, 0) is 246 Å². The Kier molecular flexibility index (Phi) is 13.1. The third kappa shape index (κ3) is 9.17. The first kappa shape index (κ1) is 63.2. The Bertz CT molecular complexity index is 8410. The molecule has 6 heteroatoms. The fraction of sp³-hybridized carbons (Fsp3) is 0. The molecule has 0 radical (unpaired) electrons. The predicted octanol–water partition coefficient (Wildman–Crippen LogP) is 29.1. The third-order valence-corrected chi connectivity index (χ3v) is 25.4. The second kappa shape index (κ2) is 24.0. The molecule has 0 atom stereocenters. The lowest BCUT2D eigenvalue weighted by Crippen LogP contribution is -1.95. The highest BCUT2D eigenvalue weighted by molar-refractivity contribution is 6.21. The van der Waals surface area contributed by atoms with Gasteiger partial charge in [-0.25, -0.2) is 4.98 Å². The Labute approximate surface area is 665 Å². The van der Waals surface area contributed by atoms with Gasteiger partial charge < -0.3 is 18.3 Å². The summed E-state index contributed by atoms with van der Waals surface area (Å²) < 4.78 is 9.69. The van der Waals surface area contributed by atoms with Crippen molar-refractivity contribution in [1.82, 2.24) is 28.2 Å². The van der Waals surface area contributed by atoms with Crippen molar-refractivity contribution in [2.75, 3.05) is 0 Å². The molecule has 24 aromatic rings. The SMILES string of the molecule is c1ccc(-n2c3ccccc3c3cc4cc(-c5ccc6c(c5)c5ccccc5n6-c5ccc(-c6cc7c8c(cccc8n6)-c6cc(-c8ccc9c%10cc%11cc(-c%12ccc%13c(c%12)c%12ccccc%12n%13-c%12cccc(-c%13ncc%14c%15c(cccc%13%15)-c%13ccccc%13-%14)c%12)ccc%11cc%10n(-c%10ccccc%10)c9c8)ccc6-7)cc5)ccc4cc32)cc1. The number of aromatic nitrogens is 6. The molecule has 6 heterocycles. The molecule has 0 spiro atoms. The van der Waals surface area contributed by atoms with E-state index in [4.69, 9.17) is 9.97 Å². The van der Waals surface area contributed by atoms with Crippen LogP contribution in [0, 0.1) is 0 Å². The van der Waals surface area contributed by atoms with E-state index >= 15 is 0 Å². The van der Waals surface area contributed by atoms with Crippen LogP contribution in [0.4, 0.5) is 0 Å². The summed E-state index contributed by atoms with van der Waals surface area (Å²) in [5.41, 5.74) is 36.1. The molecular weight excluding hydrogens is 1410 g/mol. The summed E-state index contributed by atoms with van der Waals surface area (Å²) in [6.07, 6.45) is 2.08. The zero-order chi connectivity index (χ0) is 75.5. The van der Waals surface area contributed by atoms with Gasteiger partial charge in [0.2, 0.25) is 0 Å². The van der Waals surface area contributed by atoms with Gasteiger partial charge in [0.1, 0.15) is 0 Å². The van der Waals surface area contributed by atoms with Crippen molar-refractivity contribution < 1.29 is 0 Å². The van der Waals surface area contributed by atoms with Crippen LogP contribution in [0.1, 0.15) is 0 Å². The van der Waals surface area contributed by atoms with Crippen LogP contribution in [0.2, 0.25) is 0 Å². The van der Waals surface area contributed by atoms with Crippen molar-refractivity contribution in [3.63, 3.8) is 0 Å². The normalized spacial score (nSPS) is 12.3. The van der Waals surface area contributed by atoms with Gasteiger partial charge in [-0.2, -0.15) is 0 Å². The molecule has 2 aliphatic rings. The molecule has 26 rings (SSSR count). The number of benzene rings is 18. The molecule has 534 valence electrons. The summed E-state index contributed by atoms with van der Waals surface area (Å²) in [4.78, 5) is 10.6. The van der Waals surface area contributed by atoms with Crippen molar-refractivity contribution in [2.45, 2.75) is 0 Å². The highest BCUT2D eigenvalue weighted by Crippen LogP contribution is 2.52. The first-order valence-corrected chi connectivity index (χ1v) is 40.0. The van der Waals surface area contributed by atoms with Crippen LogP contribution in [0.5, 0.6) is 0 Å². The molecular formula is C110H64N6. The highest BCUT2D eigenvalue weighted by atomic mass is 15.0. The van der Waals surface area contributed by atoms with Crippen LogP contribution < -0.4 is 0 Å². The molecule has 116 heavy (non-hydrogen) atoms. The summed E-state index contributed by atoms with van der Waals surface area (Å²) in [6, 6.07) is 142. The van der Waals surface area contributed by atoms with Gasteiger partial charge in [-0.15, -0.1) is 0 Å². The Morgan fingerprint density at radius 1 is 0.181 bits per heavy atom. The molecule has 0 N–H and O–H groups in total. The van der Waals surface area contributed by atoms with Crippen molar-refractivity contribution in [3.8, 4) is 123 Å². The minimum Gasteiger partial charge on any atom is -0.309 e. The van der Waals surface area contributed by atoms with E-state index in [-0.39, 0.29) is 0 Å². The quantitative estimate of drug-likeness (QED) is 0.145. The summed E-state index contributed by atoms with van der Waals surface area (Å²) in [5, 5.41) is 18.3. The Hall–Kier alpha value is -15.5. The molecule has 0 aliphatic heterocycles. The topological polar surface area (TPSA) is 45.5 Å². The van der Waals surface area contributed by atoms with E-state index in [1.807, 2.05) is 0 Å². The fourth-order valence-corrected chi connectivity index (χ4v) is 20.1. The highest BCUT2D eigenvalue weighted by Gasteiger charge is 2.28. The van der Waals surface area contributed by atoms with E-state index in [1.165, 1.54) is 203 Å². The molecule has 0 saturated heterocycles. The van der Waals surface area contributed by atoms with E-state index in [0.29, 0.717) is 0 Å². The van der Waals surface area contributed by atoms with E-state index in [1.54, 1.807) is 0 Å². The number of hydrogen-bond acceptors (Lipinski definition) is 2. The molecule has 0 amide bonds. The monoisotopic (exact) mass is 1470 g/mol. The smallest absolute Gasteiger partial charge is 0.0781 e. The van der Waals surface area contributed by atoms with Crippen molar-refractivity contribution in [3.05, 3.63) is 388 Å². The summed E-state index contributed by atoms with van der Waals surface area (Å²) >= 11 is 0. The van der Waals surface area contributed by atoms with Crippen LogP contribution in [0.3, 0.4) is 0 Å². The van der Waals surface area contributed by atoms with Crippen LogP contribution >= 0.6 is 0 Å². The lowest BCUT2D eigenvalue weighted by molar-refractivity contribution is 1.18. The largest absolute Gasteiger partial charge is 0.309 e. The molecule has 0 unspecified atom stereocenters. The lowest BCUT2D eigenvalue weighted by atomic mass is 9.96. The lowest BCUT2D eigenvalue weighted by Gasteiger charge is -2.12. The number of nitrogens with zero attached hydrogens (tertiary/aromatic N) is 6. The molecule has 6 aromatic heterocycles. The predicted molar refractivity (Wildman–Crippen MR) is 485 cm³/mol. The van der Waals surface area contributed by atoms with Gasteiger partial charge in [-0.3, -0.25) is 4.98 Å². The zero-order valence-corrected chi connectivity index (χ0v) is 62.6. The number of para-hydroxylation sites is 5. The minimum absolute atomic E-state index is 0.955. The summed E-state index contributed by atoms with van der Waals surface area (Å²) in [6.45, 7) is 0. The van der Waals surface area contributed by atoms with E-state index in [0.717, 1.165) is 50.6 Å². The molecule has 2 aliphatic carbocycles. The van der Waals surface area contributed by atoms with Gasteiger partial charge >= 0.3 is 0 Å². The van der Waals surface area contributed by atoms with Crippen molar-refractivity contribution in [1.29, 1.82) is 0 Å². The molecule has 6 nitrogen and oxygen atoms in total. The van der Waals surface area contributed by atoms with Crippen molar-refractivity contribution >= 4 is 130 Å². The maximum atomic E-state index is 5.44. The minimum atomic E-state index is 0.955. The van der Waals surface area contributed by atoms with Crippen LogP contribution in [0.15, 0.2) is 388 Å². The number of rotatable bonds is 9. The van der Waals surface area contributed by atoms with Gasteiger partial charge in [0.25, 0.3) is 0 Å². The van der Waals surface area contributed by atoms with Gasteiger partial charge in [0.05, 0.1) is 61.0 Å². The maximum Gasteiger partial charge on any atom is 0.0781 e. The van der Waals surface area contributed by atoms with Gasteiger partial charge in [0.15, 0.2) is 0 Å². The molecule has 18 aromatic carbocycles. The summed E-state index contributed by atoms with van der Waals surface area (Å²) in [7, 11) is 0. The maximum absolute atomic E-state index is 5.44. The Morgan fingerprint density at radius 3 is 1.25 bits per heavy atom. The standard InChI is InChI=1S/C110H64N6/c1-3-19-77(20-4-1)114-101-34-13-11-28-86(101)94-58-75-52-66(36-38-72(75)61-106(94)114)69-44-50-103-92(56-69)84-26-9-12-33-100(84)113(103)79-46-40-65(41-47-79)99-63-96-83-48-42-68(55-91(83)89-30-17-32-98(112-99)109(89)96)71-43-49-87-95-59-76-53-67(37-39-73(76)62-107(95)115(105(87)60-71)78-21-5-2-6-22-78)70-45-51-104-93(57-70)85-27-10-14-35-102(85)116(104)80-23-15-18-74(54-80)110-90-31-16-29-88-81-24-7-8-25-82(81)97(64-111-110)108(88)90/h1-64H. The zero-order valence-electron chi connectivity index (χ0n) is 62.6. The average molecular weight is 1470 g/mol. The second-order valence-electron chi connectivity index (χ2n) is 31.5. The first-order chi connectivity index (χ1) is 57.5. The fourth-order valence-electron chi connectivity index (χ4n) is 20.1. The average Bonchev–Trinajstić information content (AvgIpc) is 1.57. The van der Waals surface area contributed by atoms with E-state index < -0.39 is 0 Å². The molecule has 0 saturated carbocycles.